The Kier molecular flexibility index (Phi) is 4.36. The fraction of sp³-hybridized carbons (Fsp3) is 0.176. The molecule has 1 aliphatic rings. The molecule has 1 N–H and O–H groups in total. The van der Waals surface area contributed by atoms with E-state index in [1.54, 1.807) is 29.3 Å². The van der Waals surface area contributed by atoms with Gasteiger partial charge in [-0.15, -0.1) is 4.83 Å². The Labute approximate surface area is 136 Å². The molecular formula is C17H19N3O2S. The van der Waals surface area contributed by atoms with E-state index in [1.807, 2.05) is 54.4 Å². The van der Waals surface area contributed by atoms with Gasteiger partial charge in [-0.3, -0.25) is 5.01 Å². The fourth-order valence-corrected chi connectivity index (χ4v) is 3.42. The van der Waals surface area contributed by atoms with Crippen molar-refractivity contribution in [3.63, 3.8) is 0 Å². The molecule has 1 aromatic heterocycles. The first-order valence-corrected chi connectivity index (χ1v) is 8.85. The maximum atomic E-state index is 12.4. The molecule has 6 heteroatoms. The van der Waals surface area contributed by atoms with Crippen molar-refractivity contribution in [1.29, 1.82) is 0 Å². The summed E-state index contributed by atoms with van der Waals surface area (Å²) in [5.74, 6) is 0. The number of hydrazine groups is 1. The van der Waals surface area contributed by atoms with Gasteiger partial charge in [0.05, 0.1) is 11.4 Å². The summed E-state index contributed by atoms with van der Waals surface area (Å²) in [5, 5.41) is 1.59. The summed E-state index contributed by atoms with van der Waals surface area (Å²) in [6.07, 6.45) is 9.73. The quantitative estimate of drug-likeness (QED) is 0.917. The smallest absolute Gasteiger partial charge is 0.257 e. The fourth-order valence-electron chi connectivity index (χ4n) is 2.38. The van der Waals surface area contributed by atoms with Crippen molar-refractivity contribution in [3.05, 3.63) is 78.3 Å². The summed E-state index contributed by atoms with van der Waals surface area (Å²) in [6, 6.07) is 10.7. The van der Waals surface area contributed by atoms with E-state index < -0.39 is 10.0 Å². The molecule has 0 saturated carbocycles. The van der Waals surface area contributed by atoms with Gasteiger partial charge >= 0.3 is 0 Å². The van der Waals surface area contributed by atoms with Gasteiger partial charge in [-0.25, -0.2) is 8.42 Å². The highest BCUT2D eigenvalue weighted by atomic mass is 32.2. The molecule has 23 heavy (non-hydrogen) atoms. The summed E-state index contributed by atoms with van der Waals surface area (Å²) in [5.41, 5.74) is 2.05. The second-order valence-corrected chi connectivity index (χ2v) is 7.18. The largest absolute Gasteiger partial charge is 0.350 e. The van der Waals surface area contributed by atoms with Gasteiger partial charge in [0.1, 0.15) is 0 Å². The molecule has 0 unspecified atom stereocenters. The third kappa shape index (κ3) is 3.91. The molecule has 120 valence electrons. The highest BCUT2D eigenvalue weighted by molar-refractivity contribution is 7.89. The van der Waals surface area contributed by atoms with Crippen LogP contribution in [0.2, 0.25) is 0 Å². The maximum absolute atomic E-state index is 12.4. The predicted octanol–water partition coefficient (Wildman–Crippen LogP) is 2.45. The van der Waals surface area contributed by atoms with Crippen molar-refractivity contribution in [2.24, 2.45) is 0 Å². The minimum absolute atomic E-state index is 0.262. The number of benzene rings is 1. The number of rotatable bonds is 5. The second-order valence-electron chi connectivity index (χ2n) is 5.52. The zero-order valence-corrected chi connectivity index (χ0v) is 13.7. The minimum Gasteiger partial charge on any atom is -0.350 e. The van der Waals surface area contributed by atoms with Gasteiger partial charge in [-0.05, 0) is 36.8 Å². The highest BCUT2D eigenvalue weighted by Gasteiger charge is 2.17. The number of sulfonamides is 1. The van der Waals surface area contributed by atoms with Crippen LogP contribution in [-0.2, 0) is 16.6 Å². The topological polar surface area (TPSA) is 54.3 Å². The van der Waals surface area contributed by atoms with Crippen LogP contribution >= 0.6 is 0 Å². The summed E-state index contributed by atoms with van der Waals surface area (Å²) >= 11 is 0. The van der Waals surface area contributed by atoms with E-state index in [0.29, 0.717) is 13.1 Å². The minimum atomic E-state index is -3.57. The van der Waals surface area contributed by atoms with Crippen molar-refractivity contribution >= 4 is 10.0 Å². The second kappa shape index (κ2) is 6.44. The van der Waals surface area contributed by atoms with E-state index in [1.165, 1.54) is 0 Å². The van der Waals surface area contributed by atoms with Gasteiger partial charge < -0.3 is 4.57 Å². The predicted molar refractivity (Wildman–Crippen MR) is 89.9 cm³/mol. The van der Waals surface area contributed by atoms with E-state index in [2.05, 4.69) is 4.83 Å². The Balaban J connectivity index is 1.73. The number of aryl methyl sites for hydroxylation is 1. The van der Waals surface area contributed by atoms with Crippen LogP contribution in [0.1, 0.15) is 5.56 Å². The Morgan fingerprint density at radius 1 is 1.13 bits per heavy atom. The van der Waals surface area contributed by atoms with Crippen LogP contribution in [0.15, 0.2) is 77.6 Å². The average Bonchev–Trinajstić information content (AvgIpc) is 3.00. The molecule has 2 heterocycles. The Bertz CT molecular complexity index is 819. The molecule has 2 aromatic rings. The summed E-state index contributed by atoms with van der Waals surface area (Å²) in [4.78, 5) is 2.87. The lowest BCUT2D eigenvalue weighted by atomic mass is 10.2. The standard InChI is InChI=1S/C17H19N3O2S/c1-15-6-8-17(9-7-15)23(21,22)18-20-12-4-5-16(14-20)13-19-10-2-3-11-19/h2-11,14,18H,12-13H2,1H3. The molecule has 0 spiro atoms. The Morgan fingerprint density at radius 3 is 2.52 bits per heavy atom. The first-order chi connectivity index (χ1) is 11.0. The Morgan fingerprint density at radius 2 is 1.83 bits per heavy atom. The number of aromatic nitrogens is 1. The molecule has 1 aliphatic heterocycles. The summed E-state index contributed by atoms with van der Waals surface area (Å²) in [6.45, 7) is 3.13. The number of allylic oxidation sites excluding steroid dienone is 2. The van der Waals surface area contributed by atoms with Gasteiger partial charge in [0.2, 0.25) is 0 Å². The molecule has 3 rings (SSSR count). The summed E-state index contributed by atoms with van der Waals surface area (Å²) in [7, 11) is -3.57. The van der Waals surface area contributed by atoms with E-state index in [0.717, 1.165) is 11.1 Å². The van der Waals surface area contributed by atoms with Gasteiger partial charge in [0.15, 0.2) is 0 Å². The van der Waals surface area contributed by atoms with Crippen molar-refractivity contribution in [3.8, 4) is 0 Å². The molecule has 0 saturated heterocycles. The molecule has 1 aromatic carbocycles. The van der Waals surface area contributed by atoms with Gasteiger partial charge in [0.25, 0.3) is 10.0 Å². The van der Waals surface area contributed by atoms with Crippen molar-refractivity contribution in [2.75, 3.05) is 6.54 Å². The zero-order chi connectivity index (χ0) is 16.3. The number of hydrogen-bond donors (Lipinski definition) is 1. The van der Waals surface area contributed by atoms with Crippen LogP contribution in [0.25, 0.3) is 0 Å². The molecule has 0 radical (unpaired) electrons. The zero-order valence-electron chi connectivity index (χ0n) is 12.9. The first-order valence-electron chi connectivity index (χ1n) is 7.37. The van der Waals surface area contributed by atoms with Crippen LogP contribution in [0.3, 0.4) is 0 Å². The van der Waals surface area contributed by atoms with Crippen molar-refractivity contribution in [1.82, 2.24) is 14.4 Å². The van der Waals surface area contributed by atoms with Gasteiger partial charge in [-0.2, -0.15) is 0 Å². The lowest BCUT2D eigenvalue weighted by molar-refractivity contribution is 0.363. The van der Waals surface area contributed by atoms with E-state index in [9.17, 15) is 8.42 Å². The SMILES string of the molecule is Cc1ccc(S(=O)(=O)NN2C=C(Cn3cccc3)C=CC2)cc1. The summed E-state index contributed by atoms with van der Waals surface area (Å²) < 4.78 is 26.9. The number of hydrogen-bond acceptors (Lipinski definition) is 3. The molecule has 0 bridgehead atoms. The average molecular weight is 329 g/mol. The van der Waals surface area contributed by atoms with Crippen LogP contribution in [0.4, 0.5) is 0 Å². The maximum Gasteiger partial charge on any atom is 0.257 e. The van der Waals surface area contributed by atoms with Gasteiger partial charge in [-0.1, -0.05) is 29.8 Å². The van der Waals surface area contributed by atoms with Crippen LogP contribution in [0, 0.1) is 6.92 Å². The van der Waals surface area contributed by atoms with Crippen LogP contribution < -0.4 is 4.83 Å². The lowest BCUT2D eigenvalue weighted by Gasteiger charge is -2.24. The van der Waals surface area contributed by atoms with Crippen LogP contribution in [0.5, 0.6) is 0 Å². The monoisotopic (exact) mass is 329 g/mol. The molecule has 0 fully saturated rings. The van der Waals surface area contributed by atoms with E-state index in [-0.39, 0.29) is 4.90 Å². The lowest BCUT2D eigenvalue weighted by Crippen LogP contribution is -2.39. The third-order valence-electron chi connectivity index (χ3n) is 3.56. The normalized spacial score (nSPS) is 14.8. The highest BCUT2D eigenvalue weighted by Crippen LogP contribution is 2.13. The number of nitrogens with one attached hydrogen (secondary N) is 1. The van der Waals surface area contributed by atoms with Crippen LogP contribution in [-0.4, -0.2) is 24.5 Å². The number of nitrogens with zero attached hydrogens (tertiary/aromatic N) is 2. The molecular weight excluding hydrogens is 310 g/mol. The molecule has 0 aliphatic carbocycles. The molecule has 0 atom stereocenters. The third-order valence-corrected chi connectivity index (χ3v) is 4.92. The van der Waals surface area contributed by atoms with E-state index >= 15 is 0 Å². The molecule has 0 amide bonds. The Hall–Kier alpha value is -2.31. The van der Waals surface area contributed by atoms with E-state index in [4.69, 9.17) is 0 Å². The molecule has 5 nitrogen and oxygen atoms in total. The first kappa shape index (κ1) is 15.6. The van der Waals surface area contributed by atoms with Gasteiger partial charge in [0, 0.05) is 25.1 Å². The van der Waals surface area contributed by atoms with Crippen molar-refractivity contribution in [2.45, 2.75) is 18.4 Å². The van der Waals surface area contributed by atoms with Crippen molar-refractivity contribution < 1.29 is 8.42 Å².